The van der Waals surface area contributed by atoms with Crippen LogP contribution in [0.15, 0.2) is 119 Å². The minimum absolute atomic E-state index is 0.0755. The second kappa shape index (κ2) is 31.3. The summed E-state index contributed by atoms with van der Waals surface area (Å²) in [6.07, 6.45) is 10.9. The molecule has 6 aromatic rings. The largest absolute Gasteiger partial charge is 0.501 e. The number of carbonyl (C=O) groups excluding carboxylic acids is 6. The number of hydrogen-bond donors (Lipinski definition) is 0. The van der Waals surface area contributed by atoms with E-state index in [0.717, 1.165) is 143 Å². The van der Waals surface area contributed by atoms with E-state index in [2.05, 4.69) is 73.7 Å². The van der Waals surface area contributed by atoms with Gasteiger partial charge in [-0.25, -0.2) is 16.8 Å². The number of piperidine rings is 3. The number of halogens is 3. The Bertz CT molecular complexity index is 4300. The summed E-state index contributed by atoms with van der Waals surface area (Å²) in [5, 5.41) is 0. The number of sulfonamides is 1. The predicted octanol–water partition coefficient (Wildman–Crippen LogP) is 12.2. The number of amides is 3. The van der Waals surface area contributed by atoms with Crippen LogP contribution in [0.2, 0.25) is 0 Å². The molecule has 0 bridgehead atoms. The molecule has 9 heterocycles. The van der Waals surface area contributed by atoms with Crippen LogP contribution < -0.4 is 0 Å². The minimum Gasteiger partial charge on any atom is -0.339 e. The highest BCUT2D eigenvalue weighted by Gasteiger charge is 2.50. The Morgan fingerprint density at radius 2 is 0.757 bits per heavy atom. The molecular formula is C78H103F3N10O10S2. The summed E-state index contributed by atoms with van der Waals surface area (Å²) >= 11 is 0. The van der Waals surface area contributed by atoms with E-state index in [1.54, 1.807) is 43.0 Å². The van der Waals surface area contributed by atoms with Gasteiger partial charge in [-0.3, -0.25) is 43.5 Å². The number of nitrogens with zero attached hydrogens (tertiary/aromatic N) is 10. The number of sulfone groups is 1. The number of likely N-dealkylation sites (tertiary alicyclic amines) is 3. The predicted molar refractivity (Wildman–Crippen MR) is 391 cm³/mol. The number of ketones is 3. The number of alkyl halides is 3. The Kier molecular flexibility index (Phi) is 23.7. The fourth-order valence-electron chi connectivity index (χ4n) is 16.3. The number of carbonyl (C=O) groups is 6. The van der Waals surface area contributed by atoms with Crippen molar-refractivity contribution in [1.82, 2.24) is 47.4 Å². The molecule has 3 aromatic heterocycles. The summed E-state index contributed by atoms with van der Waals surface area (Å²) in [5.74, 6) is -0.0298. The summed E-state index contributed by atoms with van der Waals surface area (Å²) in [6.45, 7) is 24.5. The van der Waals surface area contributed by atoms with Crippen molar-refractivity contribution >= 4 is 54.9 Å². The molecule has 558 valence electrons. The first kappa shape index (κ1) is 78.0. The maximum absolute atomic E-state index is 13.3. The number of likely N-dealkylation sites (N-methyl/N-ethyl adjacent to an activating group) is 3. The molecule has 0 radical (unpaired) electrons. The minimum atomic E-state index is -5.47. The normalized spacial score (nSPS) is 18.3. The lowest BCUT2D eigenvalue weighted by Crippen LogP contribution is -2.56. The fourth-order valence-corrected chi connectivity index (χ4v) is 18.7. The Morgan fingerprint density at radius 3 is 1.08 bits per heavy atom. The molecule has 6 aliphatic heterocycles. The molecule has 3 spiro atoms. The van der Waals surface area contributed by atoms with Gasteiger partial charge in [0.1, 0.15) is 0 Å². The van der Waals surface area contributed by atoms with E-state index >= 15 is 0 Å². The standard InChI is InChI=1S/C27H38N4O4S.C26H35N3O2.C25H30F3N3O4S/c1-5-15-30(16-6-2)36(34,35)23-9-7-22(8-10-23)26(33)29-17-13-27(14-18-29)25-12-11-24(21(3)32)31(25)20-19-28(27)4;1-4-5-6-7-21-8-10-22(11-9-21)25(31)28-16-14-26(15-17-28)24-13-12-23(20(2)30)29(24)19-18-27(26)3;1-23(2,3)21(32)19-9-10-20-24(29(4)15-16-31(19)20)11-13-30(14-12-24)22(33)17-5-7-18(8-6-17)36(34,35)25(26,27)28/h7-12H,5-6,13-20H2,1-4H3;8-13H,4-7,14-19H2,1-3H3;5-10H,11-16H2,1-4H3. The summed E-state index contributed by atoms with van der Waals surface area (Å²) in [6, 6.07) is 30.4. The van der Waals surface area contributed by atoms with Gasteiger partial charge in [0.15, 0.2) is 17.3 Å². The highest BCUT2D eigenvalue weighted by Crippen LogP contribution is 2.46. The molecule has 0 saturated carbocycles. The number of hydrogen-bond acceptors (Lipinski definition) is 13. The molecule has 0 atom stereocenters. The van der Waals surface area contributed by atoms with Crippen LogP contribution in [-0.2, 0) is 62.5 Å². The summed E-state index contributed by atoms with van der Waals surface area (Å²) in [5.41, 5.74) is 1.90. The van der Waals surface area contributed by atoms with Gasteiger partial charge in [-0.2, -0.15) is 17.5 Å². The highest BCUT2D eigenvalue weighted by atomic mass is 32.2. The van der Waals surface area contributed by atoms with E-state index in [1.807, 2.05) is 87.9 Å². The zero-order valence-corrected chi connectivity index (χ0v) is 63.4. The van der Waals surface area contributed by atoms with Gasteiger partial charge in [-0.1, -0.05) is 66.5 Å². The average molecular weight is 1460 g/mol. The third kappa shape index (κ3) is 15.5. The molecule has 103 heavy (non-hydrogen) atoms. The first-order valence-electron chi connectivity index (χ1n) is 36.5. The first-order valence-corrected chi connectivity index (χ1v) is 39.4. The number of aryl methyl sites for hydroxylation is 1. The number of Topliss-reactive ketones (excluding diaryl/α,β-unsaturated/α-hetero) is 3. The zero-order valence-electron chi connectivity index (χ0n) is 61.8. The number of aromatic nitrogens is 3. The Balaban J connectivity index is 0.000000167. The van der Waals surface area contributed by atoms with Crippen LogP contribution in [0, 0.1) is 5.41 Å². The number of benzene rings is 3. The second-order valence-corrected chi connectivity index (χ2v) is 33.6. The van der Waals surface area contributed by atoms with Gasteiger partial charge < -0.3 is 28.4 Å². The lowest BCUT2D eigenvalue weighted by Gasteiger charge is -2.50. The maximum atomic E-state index is 13.3. The fraction of sp³-hybridized carbons (Fsp3) is 0.538. The van der Waals surface area contributed by atoms with Gasteiger partial charge in [-0.05, 0) is 188 Å². The molecule has 0 N–H and O–H groups in total. The van der Waals surface area contributed by atoms with Crippen LogP contribution in [0.25, 0.3) is 0 Å². The van der Waals surface area contributed by atoms with E-state index in [4.69, 9.17) is 0 Å². The van der Waals surface area contributed by atoms with Gasteiger partial charge in [0.25, 0.3) is 27.6 Å². The van der Waals surface area contributed by atoms with E-state index in [9.17, 15) is 58.8 Å². The summed E-state index contributed by atoms with van der Waals surface area (Å²) in [7, 11) is -2.69. The van der Waals surface area contributed by atoms with Crippen LogP contribution in [0.1, 0.15) is 211 Å². The van der Waals surface area contributed by atoms with Crippen molar-refractivity contribution in [2.75, 3.05) is 93.1 Å². The van der Waals surface area contributed by atoms with Gasteiger partial charge >= 0.3 is 5.51 Å². The second-order valence-electron chi connectivity index (χ2n) is 29.7. The first-order chi connectivity index (χ1) is 48.7. The van der Waals surface area contributed by atoms with Crippen molar-refractivity contribution in [2.24, 2.45) is 5.41 Å². The lowest BCUT2D eigenvalue weighted by atomic mass is 9.81. The van der Waals surface area contributed by atoms with E-state index in [-0.39, 0.29) is 62.1 Å². The topological polar surface area (TPSA) is 208 Å². The Hall–Kier alpha value is -7.55. The third-order valence-electron chi connectivity index (χ3n) is 22.5. The van der Waals surface area contributed by atoms with Gasteiger partial charge in [0, 0.05) is 145 Å². The van der Waals surface area contributed by atoms with Crippen molar-refractivity contribution in [3.8, 4) is 0 Å². The maximum Gasteiger partial charge on any atom is 0.501 e. The van der Waals surface area contributed by atoms with Crippen molar-refractivity contribution in [1.29, 1.82) is 0 Å². The van der Waals surface area contributed by atoms with E-state index < -0.39 is 35.7 Å². The molecule has 20 nitrogen and oxygen atoms in total. The van der Waals surface area contributed by atoms with Crippen molar-refractivity contribution < 1.29 is 58.8 Å². The number of rotatable bonds is 17. The van der Waals surface area contributed by atoms with Gasteiger partial charge in [0.2, 0.25) is 10.0 Å². The lowest BCUT2D eigenvalue weighted by molar-refractivity contribution is -0.0436. The van der Waals surface area contributed by atoms with Gasteiger partial charge in [0.05, 0.1) is 43.5 Å². The van der Waals surface area contributed by atoms with Gasteiger partial charge in [-0.15, -0.1) is 0 Å². The molecule has 25 heteroatoms. The van der Waals surface area contributed by atoms with Crippen molar-refractivity contribution in [3.63, 3.8) is 0 Å². The molecule has 3 amide bonds. The van der Waals surface area contributed by atoms with E-state index in [0.29, 0.717) is 69.9 Å². The van der Waals surface area contributed by atoms with Crippen LogP contribution in [0.3, 0.4) is 0 Å². The molecule has 3 saturated heterocycles. The highest BCUT2D eigenvalue weighted by molar-refractivity contribution is 7.92. The van der Waals surface area contributed by atoms with Crippen LogP contribution in [-0.4, -0.2) is 198 Å². The molecule has 0 aliphatic carbocycles. The Morgan fingerprint density at radius 1 is 0.427 bits per heavy atom. The van der Waals surface area contributed by atoms with E-state index in [1.165, 1.54) is 34.8 Å². The quantitative estimate of drug-likeness (QED) is 0.0616. The number of fused-ring (bicyclic) bond motifs is 6. The SMILES string of the molecule is CCCCCc1ccc(C(=O)N2CCC3(CC2)c2ccc(C(C)=O)n2CCN3C)cc1.CCCN(CCC)S(=O)(=O)c1ccc(C(=O)N2CCC3(CC2)c2ccc(C(C)=O)n2CCN3C)cc1.CN1CCn2c(C(=O)C(C)(C)C)ccc2C12CCN(C(=O)c1ccc(S(=O)(=O)C(F)(F)F)cc1)CC2. The number of unbranched alkanes of at least 4 members (excludes halogenated alkanes) is 2. The van der Waals surface area contributed by atoms with Crippen molar-refractivity contribution in [2.45, 2.75) is 184 Å². The zero-order chi connectivity index (χ0) is 74.8. The molecule has 6 aliphatic rings. The van der Waals surface area contributed by atoms with Crippen molar-refractivity contribution in [3.05, 3.63) is 166 Å². The van der Waals surface area contributed by atoms with Crippen LogP contribution >= 0.6 is 0 Å². The molecule has 12 rings (SSSR count). The summed E-state index contributed by atoms with van der Waals surface area (Å²) < 4.78 is 95.6. The average Bonchev–Trinajstić information content (AvgIpc) is 1.67. The monoisotopic (exact) mass is 1460 g/mol. The summed E-state index contributed by atoms with van der Waals surface area (Å²) in [4.78, 5) is 88.5. The Labute approximate surface area is 606 Å². The molecule has 0 unspecified atom stereocenters. The smallest absolute Gasteiger partial charge is 0.339 e. The van der Waals surface area contributed by atoms with Crippen LogP contribution in [0.4, 0.5) is 13.2 Å². The molecular weight excluding hydrogens is 1360 g/mol. The third-order valence-corrected chi connectivity index (χ3v) is 25.9. The molecule has 3 fully saturated rings. The van der Waals surface area contributed by atoms with Crippen LogP contribution in [0.5, 0.6) is 0 Å². The molecule has 3 aromatic carbocycles.